The van der Waals surface area contributed by atoms with Crippen molar-refractivity contribution in [1.29, 1.82) is 0 Å². The lowest BCUT2D eigenvalue weighted by Gasteiger charge is -2.10. The molecule has 10 heteroatoms. The maximum atomic E-state index is 6.02. The fourth-order valence-corrected chi connectivity index (χ4v) is 2.15. The second-order valence-corrected chi connectivity index (χ2v) is 5.24. The van der Waals surface area contributed by atoms with Gasteiger partial charge < -0.3 is 16.2 Å². The topological polar surface area (TPSA) is 121 Å². The van der Waals surface area contributed by atoms with E-state index in [2.05, 4.69) is 30.2 Å². The molecular weight excluding hydrogens is 343 g/mol. The van der Waals surface area contributed by atoms with Crippen LogP contribution >= 0.6 is 23.2 Å². The molecule has 23 heavy (non-hydrogen) atoms. The number of halogens is 2. The van der Waals surface area contributed by atoms with E-state index in [0.717, 1.165) is 5.69 Å². The third-order valence-electron chi connectivity index (χ3n) is 2.91. The van der Waals surface area contributed by atoms with Gasteiger partial charge in [0.2, 0.25) is 11.3 Å². The zero-order valence-corrected chi connectivity index (χ0v) is 13.7. The largest absolute Gasteiger partial charge is 0.384 e. The van der Waals surface area contributed by atoms with Crippen LogP contribution in [0.4, 0.5) is 11.5 Å². The second-order valence-electron chi connectivity index (χ2n) is 4.43. The monoisotopic (exact) mass is 356 g/mol. The number of aromatic nitrogens is 4. The Balaban J connectivity index is 0.00000192. The summed E-state index contributed by atoms with van der Waals surface area (Å²) in [5, 5.41) is 11.5. The first-order valence-corrected chi connectivity index (χ1v) is 7.13. The van der Waals surface area contributed by atoms with E-state index in [-0.39, 0.29) is 6.15 Å². The minimum absolute atomic E-state index is 0. The van der Waals surface area contributed by atoms with E-state index in [0.29, 0.717) is 45.9 Å². The highest BCUT2D eigenvalue weighted by molar-refractivity contribution is 6.42. The number of fused-ring (bicyclic) bond motifs is 1. The molecule has 0 atom stereocenters. The molecule has 0 spiro atoms. The van der Waals surface area contributed by atoms with Crippen LogP contribution in [0.3, 0.4) is 0 Å². The lowest BCUT2D eigenvalue weighted by Crippen LogP contribution is -2.05. The predicted octanol–water partition coefficient (Wildman–Crippen LogP) is 3.41. The molecule has 4 N–H and O–H groups in total. The van der Waals surface area contributed by atoms with Crippen LogP contribution in [0.5, 0.6) is 0 Å². The van der Waals surface area contributed by atoms with Gasteiger partial charge in [-0.3, -0.25) is 0 Å². The molecular formula is C13H14Cl2N6O2. The molecule has 3 rings (SSSR count). The Kier molecular flexibility index (Phi) is 5.67. The average molecular weight is 357 g/mol. The summed E-state index contributed by atoms with van der Waals surface area (Å²) in [6.45, 7) is 0.502. The summed E-state index contributed by atoms with van der Waals surface area (Å²) < 4.78 is 9.73. The number of nitrogens with zero attached hydrogens (tertiary/aromatic N) is 4. The molecule has 0 aliphatic carbocycles. The molecule has 8 nitrogen and oxygen atoms in total. The molecule has 2 aromatic heterocycles. The molecule has 1 aromatic carbocycles. The third-order valence-corrected chi connectivity index (χ3v) is 3.65. The fraction of sp³-hybridized carbons (Fsp3) is 0.231. The third kappa shape index (κ3) is 3.85. The van der Waals surface area contributed by atoms with Gasteiger partial charge in [0.15, 0.2) is 5.82 Å². The van der Waals surface area contributed by atoms with E-state index in [4.69, 9.17) is 27.9 Å². The first kappa shape index (κ1) is 17.4. The zero-order chi connectivity index (χ0) is 15.5. The summed E-state index contributed by atoms with van der Waals surface area (Å²) in [6.07, 6.45) is 0.565. The number of nitrogens with one attached hydrogen (secondary N) is 1. The van der Waals surface area contributed by atoms with Gasteiger partial charge in [0.1, 0.15) is 0 Å². The molecule has 122 valence electrons. The molecule has 0 aliphatic heterocycles. The van der Waals surface area contributed by atoms with Crippen LogP contribution in [-0.2, 0) is 11.2 Å². The Morgan fingerprint density at radius 1 is 1.13 bits per heavy atom. The van der Waals surface area contributed by atoms with Crippen molar-refractivity contribution in [3.05, 3.63) is 33.9 Å². The highest BCUT2D eigenvalue weighted by Crippen LogP contribution is 2.27. The molecule has 0 radical (unpaired) electrons. The molecule has 0 saturated carbocycles. The van der Waals surface area contributed by atoms with Crippen molar-refractivity contribution in [2.24, 2.45) is 0 Å². The summed E-state index contributed by atoms with van der Waals surface area (Å²) in [7, 11) is 1.62. The quantitative estimate of drug-likeness (QED) is 0.712. The summed E-state index contributed by atoms with van der Waals surface area (Å²) in [5.41, 5.74) is 2.10. The lowest BCUT2D eigenvalue weighted by molar-refractivity contribution is 0.201. The molecule has 3 aromatic rings. The van der Waals surface area contributed by atoms with E-state index >= 15 is 0 Å². The van der Waals surface area contributed by atoms with E-state index in [1.807, 2.05) is 0 Å². The summed E-state index contributed by atoms with van der Waals surface area (Å²) in [5.74, 6) is 0.540. The molecule has 0 fully saturated rings. The van der Waals surface area contributed by atoms with Gasteiger partial charge in [-0.15, -0.1) is 0 Å². The standard InChI is InChI=1S/C13H11Cl2N5O2.H3N/c1-21-5-4-10-11(18-13-12(17-10)19-22-20-13)16-7-2-3-8(14)9(15)6-7;/h2-3,6H,4-5H2,1H3,(H,16,18,20);1H3. The predicted molar refractivity (Wildman–Crippen MR) is 87.7 cm³/mol. The van der Waals surface area contributed by atoms with Gasteiger partial charge >= 0.3 is 0 Å². The number of benzene rings is 1. The van der Waals surface area contributed by atoms with E-state index in [1.54, 1.807) is 25.3 Å². The van der Waals surface area contributed by atoms with Crippen molar-refractivity contribution in [2.45, 2.75) is 6.42 Å². The van der Waals surface area contributed by atoms with Crippen molar-refractivity contribution in [2.75, 3.05) is 19.0 Å². The van der Waals surface area contributed by atoms with Crippen molar-refractivity contribution in [3.63, 3.8) is 0 Å². The van der Waals surface area contributed by atoms with Gasteiger partial charge in [-0.25, -0.2) is 14.6 Å². The Morgan fingerprint density at radius 2 is 1.87 bits per heavy atom. The maximum absolute atomic E-state index is 6.02. The SMILES string of the molecule is COCCc1nc2nonc2nc1Nc1ccc(Cl)c(Cl)c1.N. The normalized spacial score (nSPS) is 10.6. The summed E-state index contributed by atoms with van der Waals surface area (Å²) >= 11 is 11.9. The summed E-state index contributed by atoms with van der Waals surface area (Å²) in [6, 6.07) is 5.20. The number of anilines is 2. The van der Waals surface area contributed by atoms with Crippen molar-refractivity contribution < 1.29 is 9.37 Å². The number of methoxy groups -OCH3 is 1. The Morgan fingerprint density at radius 3 is 2.57 bits per heavy atom. The number of hydrogen-bond acceptors (Lipinski definition) is 8. The smallest absolute Gasteiger partial charge is 0.245 e. The summed E-state index contributed by atoms with van der Waals surface area (Å²) in [4.78, 5) is 8.74. The minimum atomic E-state index is 0. The van der Waals surface area contributed by atoms with Crippen LogP contribution in [0.25, 0.3) is 11.3 Å². The second kappa shape index (κ2) is 7.51. The van der Waals surface area contributed by atoms with E-state index in [1.165, 1.54) is 0 Å². The van der Waals surface area contributed by atoms with Gasteiger partial charge in [0.25, 0.3) is 0 Å². The number of hydrogen-bond donors (Lipinski definition) is 2. The van der Waals surface area contributed by atoms with E-state index in [9.17, 15) is 0 Å². The first-order chi connectivity index (χ1) is 10.7. The van der Waals surface area contributed by atoms with Crippen LogP contribution in [0.1, 0.15) is 5.69 Å². The maximum Gasteiger partial charge on any atom is 0.245 e. The van der Waals surface area contributed by atoms with Crippen LogP contribution in [0.15, 0.2) is 22.8 Å². The molecule has 0 unspecified atom stereocenters. The molecule has 0 saturated heterocycles. The van der Waals surface area contributed by atoms with Crippen LogP contribution < -0.4 is 11.5 Å². The number of rotatable bonds is 5. The van der Waals surface area contributed by atoms with Gasteiger partial charge in [-0.2, -0.15) is 0 Å². The van der Waals surface area contributed by atoms with Gasteiger partial charge in [-0.1, -0.05) is 23.2 Å². The highest BCUT2D eigenvalue weighted by atomic mass is 35.5. The average Bonchev–Trinajstić information content (AvgIpc) is 2.95. The van der Waals surface area contributed by atoms with Crippen molar-refractivity contribution in [3.8, 4) is 0 Å². The lowest BCUT2D eigenvalue weighted by atomic mass is 10.2. The van der Waals surface area contributed by atoms with E-state index < -0.39 is 0 Å². The molecule has 2 heterocycles. The van der Waals surface area contributed by atoms with Crippen LogP contribution in [0, 0.1) is 0 Å². The van der Waals surface area contributed by atoms with Crippen molar-refractivity contribution in [1.82, 2.24) is 26.4 Å². The minimum Gasteiger partial charge on any atom is -0.384 e. The molecule has 0 aliphatic rings. The van der Waals surface area contributed by atoms with Crippen LogP contribution in [0.2, 0.25) is 10.0 Å². The molecule has 0 amide bonds. The van der Waals surface area contributed by atoms with Gasteiger partial charge in [-0.05, 0) is 28.5 Å². The molecule has 0 bridgehead atoms. The Labute approximate surface area is 141 Å². The highest BCUT2D eigenvalue weighted by Gasteiger charge is 2.13. The fourth-order valence-electron chi connectivity index (χ4n) is 1.86. The first-order valence-electron chi connectivity index (χ1n) is 6.37. The van der Waals surface area contributed by atoms with Gasteiger partial charge in [0.05, 0.1) is 22.3 Å². The van der Waals surface area contributed by atoms with Crippen LogP contribution in [-0.4, -0.2) is 34.0 Å². The zero-order valence-electron chi connectivity index (χ0n) is 12.2. The Hall–Kier alpha value is -2.00. The Bertz CT molecular complexity index is 810. The van der Waals surface area contributed by atoms with Crippen molar-refractivity contribution >= 4 is 46.0 Å². The number of ether oxygens (including phenoxy) is 1. The van der Waals surface area contributed by atoms with Gasteiger partial charge in [0, 0.05) is 19.2 Å².